The maximum absolute atomic E-state index is 12.0. The van der Waals surface area contributed by atoms with E-state index in [1.54, 1.807) is 4.90 Å². The number of nitrogens with zero attached hydrogens (tertiary/aromatic N) is 1. The van der Waals surface area contributed by atoms with E-state index in [1.807, 2.05) is 37.3 Å². The van der Waals surface area contributed by atoms with E-state index in [0.717, 1.165) is 18.4 Å². The molecule has 0 saturated carbocycles. The fourth-order valence-electron chi connectivity index (χ4n) is 2.31. The standard InChI is InChI=1S/C15H21NO3/c1-12-10-16(9-5-8-14(12)17)15(18)19-11-13-6-3-2-4-7-13/h2-4,6-7,12,14,17H,5,8-11H2,1H3. The summed E-state index contributed by atoms with van der Waals surface area (Å²) >= 11 is 0. The van der Waals surface area contributed by atoms with Gasteiger partial charge in [0, 0.05) is 13.1 Å². The van der Waals surface area contributed by atoms with Crippen molar-refractivity contribution in [1.82, 2.24) is 4.90 Å². The Morgan fingerprint density at radius 3 is 2.89 bits per heavy atom. The molecule has 19 heavy (non-hydrogen) atoms. The summed E-state index contributed by atoms with van der Waals surface area (Å²) in [7, 11) is 0. The summed E-state index contributed by atoms with van der Waals surface area (Å²) in [5.41, 5.74) is 0.985. The molecule has 1 heterocycles. The highest BCUT2D eigenvalue weighted by molar-refractivity contribution is 5.67. The Labute approximate surface area is 114 Å². The third-order valence-electron chi connectivity index (χ3n) is 3.56. The Morgan fingerprint density at radius 2 is 2.16 bits per heavy atom. The highest BCUT2D eigenvalue weighted by Gasteiger charge is 2.25. The van der Waals surface area contributed by atoms with E-state index in [4.69, 9.17) is 4.74 Å². The predicted octanol–water partition coefficient (Wildman–Crippen LogP) is 2.42. The van der Waals surface area contributed by atoms with Gasteiger partial charge in [-0.2, -0.15) is 0 Å². The topological polar surface area (TPSA) is 49.8 Å². The molecule has 1 aromatic rings. The van der Waals surface area contributed by atoms with Gasteiger partial charge in [-0.05, 0) is 24.3 Å². The molecule has 0 aromatic heterocycles. The molecule has 4 nitrogen and oxygen atoms in total. The molecule has 1 aromatic carbocycles. The van der Waals surface area contributed by atoms with Crippen LogP contribution in [0, 0.1) is 5.92 Å². The van der Waals surface area contributed by atoms with Gasteiger partial charge in [0.2, 0.25) is 0 Å². The molecule has 1 N–H and O–H groups in total. The third-order valence-corrected chi connectivity index (χ3v) is 3.56. The number of carbonyl (C=O) groups excluding carboxylic acids is 1. The molecule has 1 aliphatic heterocycles. The first-order valence-electron chi connectivity index (χ1n) is 6.80. The average Bonchev–Trinajstić information content (AvgIpc) is 2.60. The van der Waals surface area contributed by atoms with Crippen LogP contribution >= 0.6 is 0 Å². The van der Waals surface area contributed by atoms with Gasteiger partial charge < -0.3 is 14.7 Å². The van der Waals surface area contributed by atoms with E-state index < -0.39 is 0 Å². The fraction of sp³-hybridized carbons (Fsp3) is 0.533. The highest BCUT2D eigenvalue weighted by Crippen LogP contribution is 2.17. The van der Waals surface area contributed by atoms with Crippen molar-refractivity contribution >= 4 is 6.09 Å². The van der Waals surface area contributed by atoms with Crippen LogP contribution in [-0.2, 0) is 11.3 Å². The molecule has 0 bridgehead atoms. The van der Waals surface area contributed by atoms with E-state index in [2.05, 4.69) is 0 Å². The Kier molecular flexibility index (Phi) is 4.80. The largest absolute Gasteiger partial charge is 0.445 e. The van der Waals surface area contributed by atoms with Crippen molar-refractivity contribution in [3.05, 3.63) is 35.9 Å². The third kappa shape index (κ3) is 3.96. The second-order valence-electron chi connectivity index (χ2n) is 5.17. The van der Waals surface area contributed by atoms with Crippen molar-refractivity contribution in [1.29, 1.82) is 0 Å². The number of hydrogen-bond donors (Lipinski definition) is 1. The zero-order valence-corrected chi connectivity index (χ0v) is 11.3. The number of carbonyl (C=O) groups is 1. The average molecular weight is 263 g/mol. The second kappa shape index (κ2) is 6.57. The summed E-state index contributed by atoms with van der Waals surface area (Å²) in [4.78, 5) is 13.7. The maximum Gasteiger partial charge on any atom is 0.410 e. The van der Waals surface area contributed by atoms with Crippen LogP contribution in [0.2, 0.25) is 0 Å². The minimum absolute atomic E-state index is 0.103. The zero-order chi connectivity index (χ0) is 13.7. The van der Waals surface area contributed by atoms with Crippen LogP contribution in [-0.4, -0.2) is 35.3 Å². The molecule has 2 atom stereocenters. The van der Waals surface area contributed by atoms with Gasteiger partial charge in [0.05, 0.1) is 6.10 Å². The lowest BCUT2D eigenvalue weighted by atomic mass is 10.0. The molecule has 4 heteroatoms. The second-order valence-corrected chi connectivity index (χ2v) is 5.17. The summed E-state index contributed by atoms with van der Waals surface area (Å²) in [6, 6.07) is 9.65. The monoisotopic (exact) mass is 263 g/mol. The Bertz CT molecular complexity index is 407. The van der Waals surface area contributed by atoms with Gasteiger partial charge in [-0.15, -0.1) is 0 Å². The smallest absolute Gasteiger partial charge is 0.410 e. The van der Waals surface area contributed by atoms with Crippen molar-refractivity contribution in [2.75, 3.05) is 13.1 Å². The summed E-state index contributed by atoms with van der Waals surface area (Å²) in [5, 5.41) is 9.79. The Morgan fingerprint density at radius 1 is 1.42 bits per heavy atom. The van der Waals surface area contributed by atoms with Crippen LogP contribution in [0.4, 0.5) is 4.79 Å². The van der Waals surface area contributed by atoms with Gasteiger partial charge in [0.25, 0.3) is 0 Å². The normalized spacial score (nSPS) is 23.8. The van der Waals surface area contributed by atoms with E-state index in [9.17, 15) is 9.90 Å². The van der Waals surface area contributed by atoms with Crippen LogP contribution < -0.4 is 0 Å². The first-order chi connectivity index (χ1) is 9.16. The van der Waals surface area contributed by atoms with Crippen LogP contribution in [0.25, 0.3) is 0 Å². The van der Waals surface area contributed by atoms with Crippen molar-refractivity contribution < 1.29 is 14.6 Å². The van der Waals surface area contributed by atoms with Crippen LogP contribution in [0.5, 0.6) is 0 Å². The molecular formula is C15H21NO3. The molecule has 104 valence electrons. The van der Waals surface area contributed by atoms with E-state index >= 15 is 0 Å². The quantitative estimate of drug-likeness (QED) is 0.891. The van der Waals surface area contributed by atoms with Gasteiger partial charge in [-0.3, -0.25) is 0 Å². The molecule has 1 saturated heterocycles. The number of ether oxygens (including phenoxy) is 1. The van der Waals surface area contributed by atoms with Crippen molar-refractivity contribution in [2.45, 2.75) is 32.5 Å². The fourth-order valence-corrected chi connectivity index (χ4v) is 2.31. The van der Waals surface area contributed by atoms with Gasteiger partial charge >= 0.3 is 6.09 Å². The maximum atomic E-state index is 12.0. The molecule has 0 spiro atoms. The van der Waals surface area contributed by atoms with Crippen molar-refractivity contribution in [3.8, 4) is 0 Å². The van der Waals surface area contributed by atoms with E-state index in [1.165, 1.54) is 0 Å². The van der Waals surface area contributed by atoms with Crippen molar-refractivity contribution in [3.63, 3.8) is 0 Å². The zero-order valence-electron chi connectivity index (χ0n) is 11.3. The molecule has 1 fully saturated rings. The minimum Gasteiger partial charge on any atom is -0.445 e. The number of aliphatic hydroxyl groups is 1. The van der Waals surface area contributed by atoms with Crippen LogP contribution in [0.15, 0.2) is 30.3 Å². The predicted molar refractivity (Wildman–Crippen MR) is 72.6 cm³/mol. The molecule has 0 radical (unpaired) electrons. The molecule has 2 unspecified atom stereocenters. The Balaban J connectivity index is 1.85. The lowest BCUT2D eigenvalue weighted by molar-refractivity contribution is 0.0796. The summed E-state index contributed by atoms with van der Waals surface area (Å²) in [6.07, 6.45) is 0.979. The number of rotatable bonds is 2. The van der Waals surface area contributed by atoms with Crippen LogP contribution in [0.1, 0.15) is 25.3 Å². The lowest BCUT2D eigenvalue weighted by Crippen LogP contribution is -2.36. The molecule has 2 rings (SSSR count). The first-order valence-corrected chi connectivity index (χ1v) is 6.80. The minimum atomic E-state index is -0.313. The Hall–Kier alpha value is -1.55. The van der Waals surface area contributed by atoms with E-state index in [-0.39, 0.29) is 18.1 Å². The number of aliphatic hydroxyl groups excluding tert-OH is 1. The number of hydrogen-bond acceptors (Lipinski definition) is 3. The number of likely N-dealkylation sites (tertiary alicyclic amines) is 1. The van der Waals surface area contributed by atoms with Crippen molar-refractivity contribution in [2.24, 2.45) is 5.92 Å². The molecule has 0 aliphatic carbocycles. The molecule has 1 aliphatic rings. The molecule has 1 amide bonds. The lowest BCUT2D eigenvalue weighted by Gasteiger charge is -2.23. The number of benzene rings is 1. The first kappa shape index (κ1) is 13.9. The summed E-state index contributed by atoms with van der Waals surface area (Å²) in [6.45, 7) is 3.49. The SMILES string of the molecule is CC1CN(C(=O)OCc2ccccc2)CCCC1O. The van der Waals surface area contributed by atoms with E-state index in [0.29, 0.717) is 19.7 Å². The highest BCUT2D eigenvalue weighted by atomic mass is 16.6. The van der Waals surface area contributed by atoms with Gasteiger partial charge in [0.1, 0.15) is 6.61 Å². The van der Waals surface area contributed by atoms with Gasteiger partial charge in [-0.1, -0.05) is 37.3 Å². The van der Waals surface area contributed by atoms with Gasteiger partial charge in [0.15, 0.2) is 0 Å². The summed E-state index contributed by atoms with van der Waals surface area (Å²) in [5.74, 6) is 0.103. The van der Waals surface area contributed by atoms with Gasteiger partial charge in [-0.25, -0.2) is 4.79 Å². The summed E-state index contributed by atoms with van der Waals surface area (Å²) < 4.78 is 5.31. The molecular weight excluding hydrogens is 242 g/mol. The van der Waals surface area contributed by atoms with Crippen LogP contribution in [0.3, 0.4) is 0 Å². The number of amides is 1.